The number of carbonyl (C=O) groups is 1. The van der Waals surface area contributed by atoms with E-state index in [1.54, 1.807) is 0 Å². The summed E-state index contributed by atoms with van der Waals surface area (Å²) >= 11 is 5.31. The summed E-state index contributed by atoms with van der Waals surface area (Å²) in [6.45, 7) is 4.30. The average Bonchev–Trinajstić information content (AvgIpc) is 2.89. The third-order valence-corrected chi connectivity index (χ3v) is 5.33. The van der Waals surface area contributed by atoms with E-state index in [1.807, 2.05) is 36.5 Å². The Labute approximate surface area is 137 Å². The van der Waals surface area contributed by atoms with Crippen LogP contribution >= 0.6 is 27.3 Å². The molecule has 5 heteroatoms. The van der Waals surface area contributed by atoms with E-state index in [1.165, 1.54) is 16.0 Å². The van der Waals surface area contributed by atoms with Crippen molar-refractivity contribution in [2.24, 2.45) is 0 Å². The number of halogens is 1. The first kappa shape index (κ1) is 14.8. The molecule has 2 heterocycles. The molecule has 0 unspecified atom stereocenters. The van der Waals surface area contributed by atoms with Gasteiger partial charge in [-0.1, -0.05) is 6.07 Å². The Morgan fingerprint density at radius 2 is 2.29 bits per heavy atom. The number of anilines is 1. The van der Waals surface area contributed by atoms with Crippen LogP contribution in [0.25, 0.3) is 0 Å². The maximum absolute atomic E-state index is 12.2. The molecule has 1 aromatic heterocycles. The van der Waals surface area contributed by atoms with Crippen molar-refractivity contribution in [3.63, 3.8) is 0 Å². The van der Waals surface area contributed by atoms with Crippen molar-refractivity contribution in [1.29, 1.82) is 0 Å². The third kappa shape index (κ3) is 3.54. The van der Waals surface area contributed by atoms with Crippen LogP contribution in [0.4, 0.5) is 5.69 Å². The number of rotatable bonds is 3. The summed E-state index contributed by atoms with van der Waals surface area (Å²) in [5.41, 5.74) is 3.37. The van der Waals surface area contributed by atoms with E-state index in [-0.39, 0.29) is 5.91 Å². The van der Waals surface area contributed by atoms with Crippen LogP contribution in [0.5, 0.6) is 0 Å². The lowest BCUT2D eigenvalue weighted by Crippen LogP contribution is -2.36. The zero-order valence-corrected chi connectivity index (χ0v) is 14.3. The van der Waals surface area contributed by atoms with E-state index < -0.39 is 0 Å². The van der Waals surface area contributed by atoms with Crippen molar-refractivity contribution in [1.82, 2.24) is 4.90 Å². The fourth-order valence-corrected chi connectivity index (χ4v) is 4.04. The smallest absolute Gasteiger partial charge is 0.238 e. The minimum absolute atomic E-state index is 0.0400. The van der Waals surface area contributed by atoms with Gasteiger partial charge in [0, 0.05) is 22.4 Å². The Kier molecular flexibility index (Phi) is 4.42. The fourth-order valence-electron chi connectivity index (χ4n) is 2.56. The zero-order chi connectivity index (χ0) is 14.8. The molecule has 1 aliphatic heterocycles. The lowest BCUT2D eigenvalue weighted by Gasteiger charge is -2.26. The summed E-state index contributed by atoms with van der Waals surface area (Å²) in [7, 11) is 0. The lowest BCUT2D eigenvalue weighted by molar-refractivity contribution is -0.117. The van der Waals surface area contributed by atoms with Gasteiger partial charge < -0.3 is 5.32 Å². The van der Waals surface area contributed by atoms with Crippen molar-refractivity contribution in [3.8, 4) is 0 Å². The maximum atomic E-state index is 12.2. The SMILES string of the molecule is Cc1ccc(NC(=O)CN2CCc3sccc3C2)c(Br)c1. The molecule has 1 N–H and O–H groups in total. The van der Waals surface area contributed by atoms with Crippen LogP contribution < -0.4 is 5.32 Å². The highest BCUT2D eigenvalue weighted by atomic mass is 79.9. The molecule has 110 valence electrons. The predicted octanol–water partition coefficient (Wildman–Crippen LogP) is 3.82. The molecule has 21 heavy (non-hydrogen) atoms. The van der Waals surface area contributed by atoms with Gasteiger partial charge in [0.2, 0.25) is 5.91 Å². The average molecular weight is 365 g/mol. The Morgan fingerprint density at radius 3 is 3.10 bits per heavy atom. The molecule has 3 rings (SSSR count). The number of nitrogens with zero attached hydrogens (tertiary/aromatic N) is 1. The number of fused-ring (bicyclic) bond motifs is 1. The van der Waals surface area contributed by atoms with Crippen LogP contribution in [0, 0.1) is 6.92 Å². The van der Waals surface area contributed by atoms with Crippen LogP contribution in [0.2, 0.25) is 0 Å². The molecule has 0 saturated carbocycles. The standard InChI is InChI=1S/C16H17BrN2OS/c1-11-2-3-14(13(17)8-11)18-16(20)10-19-6-4-15-12(9-19)5-7-21-15/h2-3,5,7-8H,4,6,9-10H2,1H3,(H,18,20). The second-order valence-corrected chi connectivity index (χ2v) is 7.22. The van der Waals surface area contributed by atoms with Gasteiger partial charge in [0.1, 0.15) is 0 Å². The molecule has 0 aliphatic carbocycles. The van der Waals surface area contributed by atoms with Crippen molar-refractivity contribution in [2.45, 2.75) is 19.9 Å². The summed E-state index contributed by atoms with van der Waals surface area (Å²) in [5, 5.41) is 5.11. The highest BCUT2D eigenvalue weighted by molar-refractivity contribution is 9.10. The molecule has 0 spiro atoms. The molecule has 0 atom stereocenters. The molecule has 1 aliphatic rings. The van der Waals surface area contributed by atoms with E-state index in [4.69, 9.17) is 0 Å². The molecule has 0 fully saturated rings. The first-order valence-electron chi connectivity index (χ1n) is 6.95. The minimum Gasteiger partial charge on any atom is -0.324 e. The number of hydrogen-bond acceptors (Lipinski definition) is 3. The first-order chi connectivity index (χ1) is 10.1. The van der Waals surface area contributed by atoms with Crippen molar-refractivity contribution < 1.29 is 4.79 Å². The molecule has 0 radical (unpaired) electrons. The topological polar surface area (TPSA) is 32.3 Å². The van der Waals surface area contributed by atoms with Gasteiger partial charge in [-0.2, -0.15) is 0 Å². The van der Waals surface area contributed by atoms with E-state index in [9.17, 15) is 4.79 Å². The molecule has 1 amide bonds. The zero-order valence-electron chi connectivity index (χ0n) is 11.9. The van der Waals surface area contributed by atoms with Gasteiger partial charge >= 0.3 is 0 Å². The Hall–Kier alpha value is -1.17. The number of carbonyl (C=O) groups excluding carboxylic acids is 1. The van der Waals surface area contributed by atoms with Gasteiger partial charge in [0.15, 0.2) is 0 Å². The normalized spacial score (nSPS) is 14.8. The lowest BCUT2D eigenvalue weighted by atomic mass is 10.1. The molecule has 3 nitrogen and oxygen atoms in total. The van der Waals surface area contributed by atoms with Crippen LogP contribution in [0.3, 0.4) is 0 Å². The molecular formula is C16H17BrN2OS. The van der Waals surface area contributed by atoms with Crippen molar-refractivity contribution >= 4 is 38.9 Å². The number of thiophene rings is 1. The van der Waals surface area contributed by atoms with E-state index in [2.05, 4.69) is 37.6 Å². The van der Waals surface area contributed by atoms with Gasteiger partial charge in [-0.3, -0.25) is 9.69 Å². The highest BCUT2D eigenvalue weighted by Gasteiger charge is 2.19. The van der Waals surface area contributed by atoms with Crippen molar-refractivity contribution in [3.05, 3.63) is 50.1 Å². The number of hydrogen-bond donors (Lipinski definition) is 1. The van der Waals surface area contributed by atoms with Gasteiger partial charge in [-0.05, 0) is 64.0 Å². The van der Waals surface area contributed by atoms with E-state index in [0.29, 0.717) is 6.54 Å². The Bertz CT molecular complexity index is 668. The second kappa shape index (κ2) is 6.30. The quantitative estimate of drug-likeness (QED) is 0.897. The number of nitrogens with one attached hydrogen (secondary N) is 1. The third-order valence-electron chi connectivity index (χ3n) is 3.65. The number of benzene rings is 1. The van der Waals surface area contributed by atoms with Crippen LogP contribution in [-0.2, 0) is 17.8 Å². The van der Waals surface area contributed by atoms with E-state index >= 15 is 0 Å². The second-order valence-electron chi connectivity index (χ2n) is 5.36. The van der Waals surface area contributed by atoms with Crippen molar-refractivity contribution in [2.75, 3.05) is 18.4 Å². The molecular weight excluding hydrogens is 348 g/mol. The fraction of sp³-hybridized carbons (Fsp3) is 0.312. The first-order valence-corrected chi connectivity index (χ1v) is 8.62. The number of amides is 1. The van der Waals surface area contributed by atoms with E-state index in [0.717, 1.165) is 29.7 Å². The Morgan fingerprint density at radius 1 is 1.43 bits per heavy atom. The summed E-state index contributed by atoms with van der Waals surface area (Å²) in [5.74, 6) is 0.0400. The van der Waals surface area contributed by atoms with Gasteiger partial charge in [0.25, 0.3) is 0 Å². The minimum atomic E-state index is 0.0400. The molecule has 2 aromatic rings. The van der Waals surface area contributed by atoms with Crippen LogP contribution in [-0.4, -0.2) is 23.9 Å². The highest BCUT2D eigenvalue weighted by Crippen LogP contribution is 2.25. The van der Waals surface area contributed by atoms with Gasteiger partial charge in [-0.25, -0.2) is 0 Å². The summed E-state index contributed by atoms with van der Waals surface area (Å²) in [4.78, 5) is 15.9. The molecule has 0 saturated heterocycles. The maximum Gasteiger partial charge on any atom is 0.238 e. The summed E-state index contributed by atoms with van der Waals surface area (Å²) in [6.07, 6.45) is 1.05. The predicted molar refractivity (Wildman–Crippen MR) is 90.8 cm³/mol. The number of aryl methyl sites for hydroxylation is 1. The molecule has 0 bridgehead atoms. The summed E-state index contributed by atoms with van der Waals surface area (Å²) in [6, 6.07) is 8.11. The summed E-state index contributed by atoms with van der Waals surface area (Å²) < 4.78 is 0.926. The monoisotopic (exact) mass is 364 g/mol. The van der Waals surface area contributed by atoms with Crippen LogP contribution in [0.1, 0.15) is 16.0 Å². The largest absolute Gasteiger partial charge is 0.324 e. The Balaban J connectivity index is 1.60. The van der Waals surface area contributed by atoms with Crippen LogP contribution in [0.15, 0.2) is 34.1 Å². The van der Waals surface area contributed by atoms with Gasteiger partial charge in [-0.15, -0.1) is 11.3 Å². The molecule has 1 aromatic carbocycles. The van der Waals surface area contributed by atoms with Gasteiger partial charge in [0.05, 0.1) is 12.2 Å².